The molecule has 0 aromatic heterocycles. The van der Waals surface area contributed by atoms with E-state index in [9.17, 15) is 4.79 Å². The first-order valence-electron chi connectivity index (χ1n) is 6.98. The van der Waals surface area contributed by atoms with E-state index in [4.69, 9.17) is 9.47 Å². The van der Waals surface area contributed by atoms with E-state index in [-0.39, 0.29) is 34.4 Å². The minimum Gasteiger partial charge on any atom is -0.460 e. The van der Waals surface area contributed by atoms with Gasteiger partial charge in [-0.25, -0.2) is 0 Å². The SMILES string of the molecule is CC1(C)C[C@@H]2C3=C4COC(=O)[C@@]45C[C@@]5(C)C2O[C@H]31. The van der Waals surface area contributed by atoms with E-state index in [1.165, 1.54) is 17.6 Å². The van der Waals surface area contributed by atoms with E-state index in [0.717, 1.165) is 6.42 Å². The second-order valence-corrected chi connectivity index (χ2v) is 7.75. The molecule has 18 heavy (non-hydrogen) atoms. The maximum atomic E-state index is 12.2. The molecule has 3 aliphatic carbocycles. The molecule has 0 aromatic rings. The number of fused-ring (bicyclic) bond motifs is 1. The van der Waals surface area contributed by atoms with Crippen LogP contribution < -0.4 is 0 Å². The van der Waals surface area contributed by atoms with Gasteiger partial charge in [0.1, 0.15) is 12.0 Å². The number of esters is 1. The molecule has 2 saturated heterocycles. The minimum absolute atomic E-state index is 0.0184. The number of hydrogen-bond acceptors (Lipinski definition) is 3. The zero-order chi connectivity index (χ0) is 12.5. The minimum atomic E-state index is -0.279. The summed E-state index contributed by atoms with van der Waals surface area (Å²) < 4.78 is 11.8. The molecule has 0 radical (unpaired) electrons. The summed E-state index contributed by atoms with van der Waals surface area (Å²) in [5.74, 6) is 0.569. The summed E-state index contributed by atoms with van der Waals surface area (Å²) in [4.78, 5) is 12.2. The predicted octanol–water partition coefficient (Wildman–Crippen LogP) is 2.06. The Bertz CT molecular complexity index is 546. The van der Waals surface area contributed by atoms with Crippen LogP contribution in [0.3, 0.4) is 0 Å². The lowest BCUT2D eigenvalue weighted by Crippen LogP contribution is -2.40. The van der Waals surface area contributed by atoms with Crippen molar-refractivity contribution in [3.8, 4) is 0 Å². The summed E-state index contributed by atoms with van der Waals surface area (Å²) in [6, 6.07) is 0. The van der Waals surface area contributed by atoms with Crippen LogP contribution in [0.1, 0.15) is 33.6 Å². The van der Waals surface area contributed by atoms with Gasteiger partial charge >= 0.3 is 5.97 Å². The standard InChI is InChI=1S/C15H18O3/c1-13(2)4-7-9-8-5-17-12(16)15(8)6-14(15,3)10(7)18-11(9)13/h7,10-11H,4-6H2,1-3H3/t7-,10?,11-,14+,15-/m1/s1. The first-order valence-corrected chi connectivity index (χ1v) is 6.98. The number of cyclic esters (lactones) is 1. The first-order chi connectivity index (χ1) is 8.42. The van der Waals surface area contributed by atoms with Crippen molar-refractivity contribution < 1.29 is 14.3 Å². The van der Waals surface area contributed by atoms with Crippen LogP contribution in [0.5, 0.6) is 0 Å². The lowest BCUT2D eigenvalue weighted by Gasteiger charge is -2.37. The molecule has 2 heterocycles. The number of carbonyl (C=O) groups excluding carboxylic acids is 1. The van der Waals surface area contributed by atoms with Gasteiger partial charge < -0.3 is 9.47 Å². The Hall–Kier alpha value is -0.830. The maximum Gasteiger partial charge on any atom is 0.317 e. The van der Waals surface area contributed by atoms with Crippen LogP contribution in [0.4, 0.5) is 0 Å². The first kappa shape index (κ1) is 10.0. The molecule has 5 rings (SSSR count). The van der Waals surface area contributed by atoms with Gasteiger partial charge in [0.2, 0.25) is 0 Å². The molecule has 2 aliphatic heterocycles. The summed E-state index contributed by atoms with van der Waals surface area (Å²) in [7, 11) is 0. The summed E-state index contributed by atoms with van der Waals surface area (Å²) in [6.45, 7) is 7.34. The lowest BCUT2D eigenvalue weighted by atomic mass is 9.72. The molecule has 3 nitrogen and oxygen atoms in total. The number of carbonyl (C=O) groups is 1. The smallest absolute Gasteiger partial charge is 0.317 e. The zero-order valence-corrected chi connectivity index (χ0v) is 11.1. The molecule has 4 bridgehead atoms. The molecular formula is C15H18O3. The van der Waals surface area contributed by atoms with Gasteiger partial charge in [-0.2, -0.15) is 0 Å². The van der Waals surface area contributed by atoms with E-state index in [1.807, 2.05) is 0 Å². The Kier molecular flexibility index (Phi) is 1.28. The van der Waals surface area contributed by atoms with Crippen molar-refractivity contribution in [2.24, 2.45) is 22.2 Å². The van der Waals surface area contributed by atoms with Gasteiger partial charge in [0, 0.05) is 11.3 Å². The summed E-state index contributed by atoms with van der Waals surface area (Å²) in [5.41, 5.74) is 2.73. The van der Waals surface area contributed by atoms with Crippen molar-refractivity contribution >= 4 is 5.97 Å². The van der Waals surface area contributed by atoms with Crippen LogP contribution >= 0.6 is 0 Å². The van der Waals surface area contributed by atoms with Crippen LogP contribution in [-0.4, -0.2) is 24.8 Å². The fourth-order valence-corrected chi connectivity index (χ4v) is 5.59. The number of ether oxygens (including phenoxy) is 2. The van der Waals surface area contributed by atoms with Gasteiger partial charge in [0.05, 0.1) is 12.2 Å². The largest absolute Gasteiger partial charge is 0.460 e. The Morgan fingerprint density at radius 3 is 2.83 bits per heavy atom. The molecule has 1 unspecified atom stereocenters. The Labute approximate surface area is 107 Å². The van der Waals surface area contributed by atoms with E-state index < -0.39 is 0 Å². The highest BCUT2D eigenvalue weighted by atomic mass is 16.5. The highest BCUT2D eigenvalue weighted by molar-refractivity contribution is 5.90. The van der Waals surface area contributed by atoms with E-state index in [1.54, 1.807) is 0 Å². The normalized spacial score (nSPS) is 57.5. The molecule has 3 heteroatoms. The molecule has 1 spiro atoms. The van der Waals surface area contributed by atoms with Crippen molar-refractivity contribution in [1.82, 2.24) is 0 Å². The third-order valence-electron chi connectivity index (χ3n) is 6.46. The van der Waals surface area contributed by atoms with Crippen molar-refractivity contribution in [2.75, 3.05) is 6.61 Å². The van der Waals surface area contributed by atoms with Crippen molar-refractivity contribution in [3.63, 3.8) is 0 Å². The molecule has 5 aliphatic rings. The van der Waals surface area contributed by atoms with Gasteiger partial charge in [-0.15, -0.1) is 0 Å². The molecular weight excluding hydrogens is 228 g/mol. The fourth-order valence-electron chi connectivity index (χ4n) is 5.59. The molecule has 2 saturated carbocycles. The summed E-state index contributed by atoms with van der Waals surface area (Å²) >= 11 is 0. The average Bonchev–Trinajstić information content (AvgIpc) is 2.50. The quantitative estimate of drug-likeness (QED) is 0.485. The topological polar surface area (TPSA) is 35.5 Å². The van der Waals surface area contributed by atoms with Gasteiger partial charge in [-0.1, -0.05) is 20.8 Å². The third kappa shape index (κ3) is 0.696. The van der Waals surface area contributed by atoms with Crippen molar-refractivity contribution in [3.05, 3.63) is 11.1 Å². The number of hydrogen-bond donors (Lipinski definition) is 0. The maximum absolute atomic E-state index is 12.2. The molecule has 0 aromatic carbocycles. The van der Waals surface area contributed by atoms with Crippen molar-refractivity contribution in [1.29, 1.82) is 0 Å². The van der Waals surface area contributed by atoms with Gasteiger partial charge in [-0.05, 0) is 29.4 Å². The summed E-state index contributed by atoms with van der Waals surface area (Å²) in [6.07, 6.45) is 2.66. The van der Waals surface area contributed by atoms with E-state index in [2.05, 4.69) is 20.8 Å². The van der Waals surface area contributed by atoms with Crippen LogP contribution in [0.2, 0.25) is 0 Å². The predicted molar refractivity (Wildman–Crippen MR) is 63.7 cm³/mol. The summed E-state index contributed by atoms with van der Waals surface area (Å²) in [5, 5.41) is 0. The molecule has 4 fully saturated rings. The highest BCUT2D eigenvalue weighted by Crippen LogP contribution is 2.81. The Morgan fingerprint density at radius 2 is 2.06 bits per heavy atom. The van der Waals surface area contributed by atoms with Crippen LogP contribution in [0.25, 0.3) is 0 Å². The molecule has 0 amide bonds. The zero-order valence-electron chi connectivity index (χ0n) is 11.1. The molecule has 0 N–H and O–H groups in total. The second kappa shape index (κ2) is 2.31. The average molecular weight is 246 g/mol. The van der Waals surface area contributed by atoms with Crippen LogP contribution in [-0.2, 0) is 14.3 Å². The molecule has 96 valence electrons. The van der Waals surface area contributed by atoms with Crippen molar-refractivity contribution in [2.45, 2.75) is 45.8 Å². The van der Waals surface area contributed by atoms with Crippen LogP contribution in [0.15, 0.2) is 11.1 Å². The Morgan fingerprint density at radius 1 is 1.28 bits per heavy atom. The van der Waals surface area contributed by atoms with Crippen LogP contribution in [0, 0.1) is 22.2 Å². The third-order valence-corrected chi connectivity index (χ3v) is 6.46. The molecule has 5 atom stereocenters. The fraction of sp³-hybridized carbons (Fsp3) is 0.800. The van der Waals surface area contributed by atoms with E-state index >= 15 is 0 Å². The monoisotopic (exact) mass is 246 g/mol. The number of rotatable bonds is 0. The second-order valence-electron chi connectivity index (χ2n) is 7.75. The van der Waals surface area contributed by atoms with Gasteiger partial charge in [0.15, 0.2) is 0 Å². The van der Waals surface area contributed by atoms with Gasteiger partial charge in [-0.3, -0.25) is 4.79 Å². The highest BCUT2D eigenvalue weighted by Gasteiger charge is 2.84. The van der Waals surface area contributed by atoms with E-state index in [0.29, 0.717) is 12.5 Å². The Balaban J connectivity index is 1.80. The lowest BCUT2D eigenvalue weighted by molar-refractivity contribution is -0.146. The van der Waals surface area contributed by atoms with Gasteiger partial charge in [0.25, 0.3) is 0 Å².